The fraction of sp³-hybridized carbons (Fsp3) is 0.571. The maximum Gasteiger partial charge on any atom is 0.471 e. The molecule has 0 aromatic carbocycles. The van der Waals surface area contributed by atoms with Gasteiger partial charge in [-0.1, -0.05) is 6.58 Å². The van der Waals surface area contributed by atoms with Crippen LogP contribution in [0.5, 0.6) is 0 Å². The van der Waals surface area contributed by atoms with E-state index in [4.69, 9.17) is 4.89 Å². The molecule has 0 unspecified atom stereocenters. The van der Waals surface area contributed by atoms with Crippen molar-refractivity contribution in [2.24, 2.45) is 0 Å². The third-order valence-corrected chi connectivity index (χ3v) is 1.92. The van der Waals surface area contributed by atoms with Crippen LogP contribution in [0.2, 0.25) is 0 Å². The molecule has 0 saturated heterocycles. The van der Waals surface area contributed by atoms with Crippen LogP contribution in [-0.2, 0) is 23.1 Å². The normalized spacial score (nSPS) is 9.79. The topological polar surface area (TPSA) is 82.1 Å². The highest BCUT2D eigenvalue weighted by molar-refractivity contribution is 7.47. The monoisotopic (exact) mass is 226 g/mol. The van der Waals surface area contributed by atoms with Gasteiger partial charge in [0.15, 0.2) is 0 Å². The number of carbonyl (C=O) groups is 1. The van der Waals surface area contributed by atoms with E-state index in [0.717, 1.165) is 14.2 Å². The van der Waals surface area contributed by atoms with E-state index in [9.17, 15) is 9.36 Å². The van der Waals surface area contributed by atoms with Crippen molar-refractivity contribution in [3.63, 3.8) is 0 Å². The number of esters is 1. The first-order valence-corrected chi connectivity index (χ1v) is 4.98. The zero-order valence-corrected chi connectivity index (χ0v) is 9.54. The van der Waals surface area contributed by atoms with Gasteiger partial charge in [-0.25, -0.2) is 9.36 Å². The molecule has 0 aromatic rings. The maximum atomic E-state index is 10.2. The SMILES string of the molecule is C=C(C)C(=O)OC.COP(=O)(O)OC. The van der Waals surface area contributed by atoms with Crippen LogP contribution >= 0.6 is 7.82 Å². The third-order valence-electron chi connectivity index (χ3n) is 0.995. The second-order valence-electron chi connectivity index (χ2n) is 2.11. The van der Waals surface area contributed by atoms with Crippen LogP contribution in [-0.4, -0.2) is 32.2 Å². The molecule has 0 atom stereocenters. The van der Waals surface area contributed by atoms with Gasteiger partial charge in [-0.15, -0.1) is 0 Å². The van der Waals surface area contributed by atoms with Gasteiger partial charge in [0.05, 0.1) is 7.11 Å². The molecule has 84 valence electrons. The molecule has 1 N–H and O–H groups in total. The molecule has 0 aliphatic heterocycles. The van der Waals surface area contributed by atoms with Gasteiger partial charge in [0.2, 0.25) is 0 Å². The Morgan fingerprint density at radius 2 is 1.64 bits per heavy atom. The van der Waals surface area contributed by atoms with E-state index < -0.39 is 7.82 Å². The van der Waals surface area contributed by atoms with Crippen LogP contribution < -0.4 is 0 Å². The summed E-state index contributed by atoms with van der Waals surface area (Å²) in [5.74, 6) is -0.347. The molecule has 0 radical (unpaired) electrons. The van der Waals surface area contributed by atoms with Gasteiger partial charge in [0, 0.05) is 19.8 Å². The lowest BCUT2D eigenvalue weighted by molar-refractivity contribution is -0.136. The summed E-state index contributed by atoms with van der Waals surface area (Å²) < 4.78 is 22.3. The fourth-order valence-electron chi connectivity index (χ4n) is 0.249. The Hall–Kier alpha value is -0.680. The van der Waals surface area contributed by atoms with E-state index in [0.29, 0.717) is 5.57 Å². The van der Waals surface area contributed by atoms with Crippen LogP contribution in [0.1, 0.15) is 6.92 Å². The first-order chi connectivity index (χ1) is 6.30. The molecule has 0 spiro atoms. The molecule has 7 heteroatoms. The average molecular weight is 226 g/mol. The molecule has 0 aliphatic rings. The highest BCUT2D eigenvalue weighted by Gasteiger charge is 2.13. The molecular weight excluding hydrogens is 211 g/mol. The Balaban J connectivity index is 0. The Kier molecular flexibility index (Phi) is 8.68. The lowest BCUT2D eigenvalue weighted by atomic mass is 10.4. The van der Waals surface area contributed by atoms with Crippen molar-refractivity contribution < 1.29 is 28.0 Å². The van der Waals surface area contributed by atoms with E-state index >= 15 is 0 Å². The van der Waals surface area contributed by atoms with Crippen molar-refractivity contribution in [2.75, 3.05) is 21.3 Å². The van der Waals surface area contributed by atoms with Gasteiger partial charge in [-0.3, -0.25) is 9.05 Å². The highest BCUT2D eigenvalue weighted by atomic mass is 31.2. The predicted octanol–water partition coefficient (Wildman–Crippen LogP) is 1.12. The molecule has 0 saturated carbocycles. The summed E-state index contributed by atoms with van der Waals surface area (Å²) in [6.45, 7) is 4.95. The molecule has 0 aliphatic carbocycles. The summed E-state index contributed by atoms with van der Waals surface area (Å²) in [4.78, 5) is 18.4. The van der Waals surface area contributed by atoms with Crippen LogP contribution in [0.3, 0.4) is 0 Å². The Bertz CT molecular complexity index is 228. The first-order valence-electron chi connectivity index (χ1n) is 3.48. The van der Waals surface area contributed by atoms with Crippen LogP contribution in [0.15, 0.2) is 12.2 Å². The lowest BCUT2D eigenvalue weighted by Gasteiger charge is -2.01. The van der Waals surface area contributed by atoms with Gasteiger partial charge in [0.1, 0.15) is 0 Å². The number of carbonyl (C=O) groups excluding carboxylic acids is 1. The summed E-state index contributed by atoms with van der Waals surface area (Å²) in [6, 6.07) is 0. The van der Waals surface area contributed by atoms with Gasteiger partial charge < -0.3 is 9.63 Å². The van der Waals surface area contributed by atoms with Gasteiger partial charge in [-0.05, 0) is 6.92 Å². The molecule has 0 amide bonds. The summed E-state index contributed by atoms with van der Waals surface area (Å²) in [5, 5.41) is 0. The number of rotatable bonds is 3. The molecule has 0 heterocycles. The molecule has 0 rings (SSSR count). The number of ether oxygens (including phenoxy) is 1. The van der Waals surface area contributed by atoms with E-state index in [-0.39, 0.29) is 5.97 Å². The van der Waals surface area contributed by atoms with Crippen molar-refractivity contribution >= 4 is 13.8 Å². The molecule has 0 bridgehead atoms. The first kappa shape index (κ1) is 15.8. The van der Waals surface area contributed by atoms with E-state index in [2.05, 4.69) is 20.4 Å². The Labute approximate surface area is 83.1 Å². The molecule has 6 nitrogen and oxygen atoms in total. The van der Waals surface area contributed by atoms with Crippen LogP contribution in [0.25, 0.3) is 0 Å². The quantitative estimate of drug-likeness (QED) is 0.441. The van der Waals surface area contributed by atoms with E-state index in [1.807, 2.05) is 0 Å². The zero-order valence-electron chi connectivity index (χ0n) is 8.64. The lowest BCUT2D eigenvalue weighted by Crippen LogP contribution is -1.98. The summed E-state index contributed by atoms with van der Waals surface area (Å²) >= 11 is 0. The number of methoxy groups -OCH3 is 1. The molecule has 14 heavy (non-hydrogen) atoms. The second kappa shape index (κ2) is 7.70. The van der Waals surface area contributed by atoms with E-state index in [1.54, 1.807) is 6.92 Å². The summed E-state index contributed by atoms with van der Waals surface area (Å²) in [6.07, 6.45) is 0. The minimum Gasteiger partial charge on any atom is -0.466 e. The van der Waals surface area contributed by atoms with Gasteiger partial charge >= 0.3 is 13.8 Å². The van der Waals surface area contributed by atoms with Crippen molar-refractivity contribution in [1.29, 1.82) is 0 Å². The van der Waals surface area contributed by atoms with E-state index in [1.165, 1.54) is 7.11 Å². The number of phosphoric ester groups is 1. The van der Waals surface area contributed by atoms with Crippen molar-refractivity contribution in [3.8, 4) is 0 Å². The number of hydrogen-bond donors (Lipinski definition) is 1. The smallest absolute Gasteiger partial charge is 0.466 e. The standard InChI is InChI=1S/C5H8O2.C2H7O4P/c1-4(2)5(6)7-3;1-5-7(3,4)6-2/h1H2,2-3H3;1-2H3,(H,3,4). The predicted molar refractivity (Wildman–Crippen MR) is 50.7 cm³/mol. The molecular formula is C7H15O6P. The average Bonchev–Trinajstić information content (AvgIpc) is 2.17. The Morgan fingerprint density at radius 1 is 1.29 bits per heavy atom. The van der Waals surface area contributed by atoms with Crippen LogP contribution in [0.4, 0.5) is 0 Å². The highest BCUT2D eigenvalue weighted by Crippen LogP contribution is 2.40. The summed E-state index contributed by atoms with van der Waals surface area (Å²) in [5.41, 5.74) is 0.433. The van der Waals surface area contributed by atoms with Crippen molar-refractivity contribution in [2.45, 2.75) is 6.92 Å². The number of hydrogen-bond acceptors (Lipinski definition) is 5. The van der Waals surface area contributed by atoms with Crippen molar-refractivity contribution in [1.82, 2.24) is 0 Å². The maximum absolute atomic E-state index is 10.2. The van der Waals surface area contributed by atoms with Crippen molar-refractivity contribution in [3.05, 3.63) is 12.2 Å². The molecule has 0 fully saturated rings. The fourth-order valence-corrected chi connectivity index (χ4v) is 0.398. The largest absolute Gasteiger partial charge is 0.471 e. The van der Waals surface area contributed by atoms with Gasteiger partial charge in [-0.2, -0.15) is 0 Å². The zero-order chi connectivity index (χ0) is 11.8. The Morgan fingerprint density at radius 3 is 1.64 bits per heavy atom. The minimum atomic E-state index is -3.65. The molecule has 0 aromatic heterocycles. The van der Waals surface area contributed by atoms with Gasteiger partial charge in [0.25, 0.3) is 0 Å². The number of phosphoric acid groups is 1. The summed E-state index contributed by atoms with van der Waals surface area (Å²) in [7, 11) is -0.121. The second-order valence-corrected chi connectivity index (χ2v) is 3.77. The van der Waals surface area contributed by atoms with Crippen LogP contribution in [0, 0.1) is 0 Å². The third kappa shape index (κ3) is 9.41. The minimum absolute atomic E-state index is 0.347.